The zero-order valence-corrected chi connectivity index (χ0v) is 11.8. The fourth-order valence-corrected chi connectivity index (χ4v) is 2.05. The van der Waals surface area contributed by atoms with Crippen LogP contribution in [-0.4, -0.2) is 22.7 Å². The first-order chi connectivity index (χ1) is 9.58. The smallest absolute Gasteiger partial charge is 0.354 e. The van der Waals surface area contributed by atoms with Crippen molar-refractivity contribution >= 4 is 16.9 Å². The molecule has 4 heteroatoms. The van der Waals surface area contributed by atoms with Gasteiger partial charge in [0.2, 0.25) is 0 Å². The van der Waals surface area contributed by atoms with Gasteiger partial charge in [-0.15, -0.1) is 0 Å². The van der Waals surface area contributed by atoms with Gasteiger partial charge >= 0.3 is 5.97 Å². The van der Waals surface area contributed by atoms with Crippen LogP contribution in [0.4, 0.5) is 0 Å². The number of rotatable bonds is 6. The highest BCUT2D eigenvalue weighted by Gasteiger charge is 2.11. The molecule has 4 nitrogen and oxygen atoms in total. The minimum atomic E-state index is -1.04. The lowest BCUT2D eigenvalue weighted by Gasteiger charge is -2.11. The van der Waals surface area contributed by atoms with Crippen molar-refractivity contribution in [2.45, 2.75) is 26.7 Å². The van der Waals surface area contributed by atoms with Crippen LogP contribution in [0.3, 0.4) is 0 Å². The van der Waals surface area contributed by atoms with Gasteiger partial charge in [-0.2, -0.15) is 0 Å². The Bertz CT molecular complexity index is 608. The quantitative estimate of drug-likeness (QED) is 0.814. The second-order valence-corrected chi connectivity index (χ2v) is 5.21. The number of carbonyl (C=O) groups is 1. The van der Waals surface area contributed by atoms with Crippen molar-refractivity contribution in [2.24, 2.45) is 5.92 Å². The molecule has 0 aliphatic heterocycles. The molecule has 0 saturated heterocycles. The summed E-state index contributed by atoms with van der Waals surface area (Å²) in [6, 6.07) is 8.92. The Morgan fingerprint density at radius 1 is 1.35 bits per heavy atom. The Hall–Kier alpha value is -2.10. The van der Waals surface area contributed by atoms with Crippen LogP contribution in [0.15, 0.2) is 30.3 Å². The molecule has 2 aromatic rings. The third kappa shape index (κ3) is 3.47. The molecule has 1 N–H and O–H groups in total. The van der Waals surface area contributed by atoms with E-state index < -0.39 is 5.97 Å². The van der Waals surface area contributed by atoms with E-state index in [9.17, 15) is 4.79 Å². The first-order valence-electron chi connectivity index (χ1n) is 6.84. The number of carboxylic acids is 1. The molecule has 1 aromatic carbocycles. The van der Waals surface area contributed by atoms with Crippen LogP contribution in [0.1, 0.15) is 37.2 Å². The number of carboxylic acid groups (broad SMARTS) is 1. The summed E-state index contributed by atoms with van der Waals surface area (Å²) in [6.07, 6.45) is 2.05. The molecular weight excluding hydrogens is 254 g/mol. The SMILES string of the molecule is CC(C)CCCOc1cc(C(=O)O)nc2ccccc12. The molecule has 0 bridgehead atoms. The van der Waals surface area contributed by atoms with E-state index >= 15 is 0 Å². The Morgan fingerprint density at radius 2 is 2.10 bits per heavy atom. The zero-order valence-electron chi connectivity index (χ0n) is 11.8. The van der Waals surface area contributed by atoms with Crippen molar-refractivity contribution in [1.82, 2.24) is 4.98 Å². The minimum Gasteiger partial charge on any atom is -0.493 e. The maximum Gasteiger partial charge on any atom is 0.354 e. The van der Waals surface area contributed by atoms with Crippen LogP contribution < -0.4 is 4.74 Å². The Balaban J connectivity index is 2.23. The second-order valence-electron chi connectivity index (χ2n) is 5.21. The van der Waals surface area contributed by atoms with Gasteiger partial charge in [0, 0.05) is 11.5 Å². The fourth-order valence-electron chi connectivity index (χ4n) is 2.05. The topological polar surface area (TPSA) is 59.4 Å². The highest BCUT2D eigenvalue weighted by atomic mass is 16.5. The summed E-state index contributed by atoms with van der Waals surface area (Å²) in [7, 11) is 0. The molecule has 0 radical (unpaired) electrons. The molecule has 0 fully saturated rings. The van der Waals surface area contributed by atoms with Crippen molar-refractivity contribution in [3.8, 4) is 5.75 Å². The number of benzene rings is 1. The third-order valence-corrected chi connectivity index (χ3v) is 3.08. The summed E-state index contributed by atoms with van der Waals surface area (Å²) in [6.45, 7) is 4.93. The van der Waals surface area contributed by atoms with Crippen molar-refractivity contribution < 1.29 is 14.6 Å². The molecule has 0 spiro atoms. The number of nitrogens with zero attached hydrogens (tertiary/aromatic N) is 1. The van der Waals surface area contributed by atoms with Crippen molar-refractivity contribution in [2.75, 3.05) is 6.61 Å². The van der Waals surface area contributed by atoms with E-state index in [0.29, 0.717) is 23.8 Å². The predicted octanol–water partition coefficient (Wildman–Crippen LogP) is 3.75. The van der Waals surface area contributed by atoms with Gasteiger partial charge in [0.05, 0.1) is 12.1 Å². The lowest BCUT2D eigenvalue weighted by Crippen LogP contribution is -2.04. The van der Waals surface area contributed by atoms with Gasteiger partial charge in [0.1, 0.15) is 5.75 Å². The standard InChI is InChI=1S/C16H19NO3/c1-11(2)6-5-9-20-15-10-14(16(18)19)17-13-8-4-3-7-12(13)15/h3-4,7-8,10-11H,5-6,9H2,1-2H3,(H,18,19). The summed E-state index contributed by atoms with van der Waals surface area (Å²) in [5.41, 5.74) is 0.661. The van der Waals surface area contributed by atoms with E-state index in [1.165, 1.54) is 6.07 Å². The first kappa shape index (κ1) is 14.3. The van der Waals surface area contributed by atoms with E-state index in [2.05, 4.69) is 18.8 Å². The number of fused-ring (bicyclic) bond motifs is 1. The molecule has 106 valence electrons. The normalized spacial score (nSPS) is 10.9. The molecule has 0 aliphatic carbocycles. The summed E-state index contributed by atoms with van der Waals surface area (Å²) in [4.78, 5) is 15.2. The van der Waals surface area contributed by atoms with Gasteiger partial charge in [0.15, 0.2) is 5.69 Å². The summed E-state index contributed by atoms with van der Waals surface area (Å²) in [5.74, 6) is 0.196. The highest BCUT2D eigenvalue weighted by molar-refractivity contribution is 5.93. The van der Waals surface area contributed by atoms with E-state index in [0.717, 1.165) is 18.2 Å². The third-order valence-electron chi connectivity index (χ3n) is 3.08. The molecule has 0 saturated carbocycles. The number of para-hydroxylation sites is 1. The van der Waals surface area contributed by atoms with E-state index in [1.807, 2.05) is 18.2 Å². The van der Waals surface area contributed by atoms with Gasteiger partial charge in [-0.25, -0.2) is 9.78 Å². The van der Waals surface area contributed by atoms with E-state index in [1.54, 1.807) is 6.07 Å². The summed E-state index contributed by atoms with van der Waals surface area (Å²) < 4.78 is 5.76. The second kappa shape index (κ2) is 6.37. The number of aromatic nitrogens is 1. The van der Waals surface area contributed by atoms with Gasteiger partial charge in [0.25, 0.3) is 0 Å². The molecule has 1 heterocycles. The summed E-state index contributed by atoms with van der Waals surface area (Å²) >= 11 is 0. The monoisotopic (exact) mass is 273 g/mol. The van der Waals surface area contributed by atoms with Gasteiger partial charge < -0.3 is 9.84 Å². The Kier molecular flexibility index (Phi) is 4.56. The molecule has 0 aliphatic rings. The zero-order chi connectivity index (χ0) is 14.5. The lowest BCUT2D eigenvalue weighted by atomic mass is 10.1. The van der Waals surface area contributed by atoms with Crippen molar-refractivity contribution in [3.05, 3.63) is 36.0 Å². The van der Waals surface area contributed by atoms with Gasteiger partial charge in [-0.3, -0.25) is 0 Å². The average Bonchev–Trinajstić information content (AvgIpc) is 2.42. The molecule has 0 amide bonds. The Labute approximate surface area is 118 Å². The van der Waals surface area contributed by atoms with Gasteiger partial charge in [-0.1, -0.05) is 26.0 Å². The molecule has 0 unspecified atom stereocenters. The maximum absolute atomic E-state index is 11.1. The van der Waals surface area contributed by atoms with Crippen molar-refractivity contribution in [1.29, 1.82) is 0 Å². The van der Waals surface area contributed by atoms with E-state index in [4.69, 9.17) is 9.84 Å². The first-order valence-corrected chi connectivity index (χ1v) is 6.84. The molecule has 0 atom stereocenters. The molecular formula is C16H19NO3. The minimum absolute atomic E-state index is 0.0163. The molecule has 20 heavy (non-hydrogen) atoms. The van der Waals surface area contributed by atoms with Crippen LogP contribution in [0.2, 0.25) is 0 Å². The van der Waals surface area contributed by atoms with Crippen molar-refractivity contribution in [3.63, 3.8) is 0 Å². The van der Waals surface area contributed by atoms with Crippen LogP contribution in [-0.2, 0) is 0 Å². The van der Waals surface area contributed by atoms with Gasteiger partial charge in [-0.05, 0) is 30.9 Å². The molecule has 2 rings (SSSR count). The average molecular weight is 273 g/mol. The van der Waals surface area contributed by atoms with Crippen LogP contribution in [0.5, 0.6) is 5.75 Å². The Morgan fingerprint density at radius 3 is 2.80 bits per heavy atom. The fraction of sp³-hybridized carbons (Fsp3) is 0.375. The van der Waals surface area contributed by atoms with Crippen LogP contribution in [0.25, 0.3) is 10.9 Å². The number of aromatic carboxylic acids is 1. The molecule has 1 aromatic heterocycles. The number of pyridine rings is 1. The highest BCUT2D eigenvalue weighted by Crippen LogP contribution is 2.25. The lowest BCUT2D eigenvalue weighted by molar-refractivity contribution is 0.0690. The van der Waals surface area contributed by atoms with Crippen LogP contribution in [0, 0.1) is 5.92 Å². The number of hydrogen-bond donors (Lipinski definition) is 1. The number of hydrogen-bond acceptors (Lipinski definition) is 3. The predicted molar refractivity (Wildman–Crippen MR) is 78.3 cm³/mol. The largest absolute Gasteiger partial charge is 0.493 e. The maximum atomic E-state index is 11.1. The van der Waals surface area contributed by atoms with E-state index in [-0.39, 0.29) is 5.69 Å². The van der Waals surface area contributed by atoms with Crippen LogP contribution >= 0.6 is 0 Å². The number of ether oxygens (including phenoxy) is 1. The summed E-state index contributed by atoms with van der Waals surface area (Å²) in [5, 5.41) is 9.94.